The first kappa shape index (κ1) is 11.5. The molecule has 5 heteroatoms. The number of carbonyl (C=O) groups excluding carboxylic acids is 1. The largest absolute Gasteiger partial charge is 0.331 e. The summed E-state index contributed by atoms with van der Waals surface area (Å²) in [5, 5.41) is 0. The minimum atomic E-state index is 0. The molecule has 1 atom stereocenters. The predicted molar refractivity (Wildman–Crippen MR) is 50.5 cm³/mol. The molecule has 0 aromatic carbocycles. The highest BCUT2D eigenvalue weighted by atomic mass is 35.5. The maximum atomic E-state index is 11.3. The molecule has 0 aliphatic carbocycles. The van der Waals surface area contributed by atoms with Gasteiger partial charge in [0.25, 0.3) is 0 Å². The standard InChI is InChI=1S/C7H15N3O.ClH/c1-9(2)7(11)10-4-3-6(8)5-10;/h6H,3-5,8H2,1-2H3;1H. The van der Waals surface area contributed by atoms with Gasteiger partial charge in [0.05, 0.1) is 0 Å². The van der Waals surface area contributed by atoms with E-state index in [1.807, 2.05) is 0 Å². The zero-order valence-electron chi connectivity index (χ0n) is 7.49. The summed E-state index contributed by atoms with van der Waals surface area (Å²) in [6.45, 7) is 1.51. The number of nitrogens with zero attached hydrogens (tertiary/aromatic N) is 2. The molecule has 0 aromatic rings. The van der Waals surface area contributed by atoms with Crippen LogP contribution in [0.1, 0.15) is 6.42 Å². The fourth-order valence-electron chi connectivity index (χ4n) is 1.24. The van der Waals surface area contributed by atoms with Gasteiger partial charge in [0.2, 0.25) is 0 Å². The lowest BCUT2D eigenvalue weighted by Crippen LogP contribution is -2.38. The molecule has 0 saturated carbocycles. The van der Waals surface area contributed by atoms with Crippen molar-refractivity contribution in [1.82, 2.24) is 9.80 Å². The number of halogens is 1. The maximum absolute atomic E-state index is 11.3. The van der Waals surface area contributed by atoms with Crippen LogP contribution < -0.4 is 5.73 Å². The van der Waals surface area contributed by atoms with E-state index in [4.69, 9.17) is 5.73 Å². The molecule has 1 saturated heterocycles. The van der Waals surface area contributed by atoms with Gasteiger partial charge in [-0.2, -0.15) is 0 Å². The number of urea groups is 1. The Kier molecular flexibility index (Phi) is 4.34. The number of likely N-dealkylation sites (tertiary alicyclic amines) is 1. The van der Waals surface area contributed by atoms with Crippen molar-refractivity contribution in [2.45, 2.75) is 12.5 Å². The predicted octanol–water partition coefficient (Wildman–Crippen LogP) is 0.123. The normalized spacial score (nSPS) is 21.9. The van der Waals surface area contributed by atoms with E-state index >= 15 is 0 Å². The molecule has 4 nitrogen and oxygen atoms in total. The van der Waals surface area contributed by atoms with Gasteiger partial charge in [-0.05, 0) is 6.42 Å². The molecule has 2 N–H and O–H groups in total. The van der Waals surface area contributed by atoms with E-state index in [-0.39, 0.29) is 24.5 Å². The van der Waals surface area contributed by atoms with E-state index in [2.05, 4.69) is 0 Å². The summed E-state index contributed by atoms with van der Waals surface area (Å²) >= 11 is 0. The molecule has 1 fully saturated rings. The second-order valence-corrected chi connectivity index (χ2v) is 3.17. The fourth-order valence-corrected chi connectivity index (χ4v) is 1.24. The van der Waals surface area contributed by atoms with Gasteiger partial charge in [0, 0.05) is 33.2 Å². The van der Waals surface area contributed by atoms with Gasteiger partial charge in [0.1, 0.15) is 0 Å². The first-order chi connectivity index (χ1) is 5.11. The lowest BCUT2D eigenvalue weighted by Gasteiger charge is -2.20. The van der Waals surface area contributed by atoms with Gasteiger partial charge >= 0.3 is 6.03 Å². The van der Waals surface area contributed by atoms with Gasteiger partial charge in [-0.15, -0.1) is 12.4 Å². The molecule has 0 bridgehead atoms. The molecule has 72 valence electrons. The van der Waals surface area contributed by atoms with Crippen molar-refractivity contribution in [2.24, 2.45) is 5.73 Å². The number of nitrogens with two attached hydrogens (primary N) is 1. The van der Waals surface area contributed by atoms with E-state index in [1.165, 1.54) is 0 Å². The number of rotatable bonds is 0. The average Bonchev–Trinajstić information content (AvgIpc) is 2.34. The van der Waals surface area contributed by atoms with Crippen molar-refractivity contribution < 1.29 is 4.79 Å². The Hall–Kier alpha value is -0.480. The minimum Gasteiger partial charge on any atom is -0.331 e. The summed E-state index contributed by atoms with van der Waals surface area (Å²) in [7, 11) is 3.51. The molecule has 0 radical (unpaired) electrons. The number of carbonyl (C=O) groups is 1. The Morgan fingerprint density at radius 2 is 2.17 bits per heavy atom. The monoisotopic (exact) mass is 193 g/mol. The molecule has 1 rings (SSSR count). The zero-order valence-corrected chi connectivity index (χ0v) is 8.30. The molecule has 2 amide bonds. The van der Waals surface area contributed by atoms with Crippen molar-refractivity contribution in [1.29, 1.82) is 0 Å². The highest BCUT2D eigenvalue weighted by Crippen LogP contribution is 2.07. The van der Waals surface area contributed by atoms with Crippen LogP contribution in [0.4, 0.5) is 4.79 Å². The third kappa shape index (κ3) is 2.53. The Bertz CT molecular complexity index is 163. The molecule has 0 spiro atoms. The molecule has 1 aliphatic rings. The Balaban J connectivity index is 0.00000121. The van der Waals surface area contributed by atoms with Crippen molar-refractivity contribution >= 4 is 18.4 Å². The maximum Gasteiger partial charge on any atom is 0.319 e. The minimum absolute atomic E-state index is 0. The van der Waals surface area contributed by atoms with E-state index in [0.29, 0.717) is 6.54 Å². The quantitative estimate of drug-likeness (QED) is 0.595. The fraction of sp³-hybridized carbons (Fsp3) is 0.857. The molecule has 0 aromatic heterocycles. The van der Waals surface area contributed by atoms with Crippen LogP contribution in [-0.2, 0) is 0 Å². The summed E-state index contributed by atoms with van der Waals surface area (Å²) in [4.78, 5) is 14.7. The van der Waals surface area contributed by atoms with E-state index in [1.54, 1.807) is 23.9 Å². The second-order valence-electron chi connectivity index (χ2n) is 3.17. The van der Waals surface area contributed by atoms with Crippen LogP contribution in [0.15, 0.2) is 0 Å². The topological polar surface area (TPSA) is 49.6 Å². The van der Waals surface area contributed by atoms with Gasteiger partial charge in [-0.1, -0.05) is 0 Å². The number of hydrogen-bond acceptors (Lipinski definition) is 2. The summed E-state index contributed by atoms with van der Waals surface area (Å²) in [6, 6.07) is 0.247. The third-order valence-electron chi connectivity index (χ3n) is 1.88. The van der Waals surface area contributed by atoms with E-state index in [9.17, 15) is 4.79 Å². The highest BCUT2D eigenvalue weighted by Gasteiger charge is 2.24. The molecular weight excluding hydrogens is 178 g/mol. The average molecular weight is 194 g/mol. The SMILES string of the molecule is CN(C)C(=O)N1CCC(N)C1.Cl. The zero-order chi connectivity index (χ0) is 8.43. The number of hydrogen-bond donors (Lipinski definition) is 1. The van der Waals surface area contributed by atoms with Crippen LogP contribution >= 0.6 is 12.4 Å². The van der Waals surface area contributed by atoms with Gasteiger partial charge in [-0.25, -0.2) is 4.79 Å². The van der Waals surface area contributed by atoms with Crippen LogP contribution in [0.2, 0.25) is 0 Å². The lowest BCUT2D eigenvalue weighted by molar-refractivity contribution is 0.181. The van der Waals surface area contributed by atoms with Crippen LogP contribution in [0.3, 0.4) is 0 Å². The highest BCUT2D eigenvalue weighted by molar-refractivity contribution is 5.85. The molecule has 1 aliphatic heterocycles. The molecule has 1 unspecified atom stereocenters. The van der Waals surface area contributed by atoms with Gasteiger partial charge < -0.3 is 15.5 Å². The van der Waals surface area contributed by atoms with Crippen molar-refractivity contribution in [3.8, 4) is 0 Å². The van der Waals surface area contributed by atoms with E-state index in [0.717, 1.165) is 13.0 Å². The van der Waals surface area contributed by atoms with Crippen LogP contribution in [-0.4, -0.2) is 49.1 Å². The van der Waals surface area contributed by atoms with Gasteiger partial charge in [0.15, 0.2) is 0 Å². The van der Waals surface area contributed by atoms with Crippen molar-refractivity contribution in [3.63, 3.8) is 0 Å². The smallest absolute Gasteiger partial charge is 0.319 e. The van der Waals surface area contributed by atoms with Crippen LogP contribution in [0.5, 0.6) is 0 Å². The first-order valence-corrected chi connectivity index (χ1v) is 3.83. The summed E-state index contributed by atoms with van der Waals surface area (Å²) in [5.41, 5.74) is 5.65. The van der Waals surface area contributed by atoms with E-state index < -0.39 is 0 Å². The van der Waals surface area contributed by atoms with Crippen LogP contribution in [0.25, 0.3) is 0 Å². The number of amides is 2. The summed E-state index contributed by atoms with van der Waals surface area (Å²) < 4.78 is 0. The van der Waals surface area contributed by atoms with Crippen molar-refractivity contribution in [3.05, 3.63) is 0 Å². The molecule has 12 heavy (non-hydrogen) atoms. The summed E-state index contributed by atoms with van der Waals surface area (Å²) in [6.07, 6.45) is 0.930. The van der Waals surface area contributed by atoms with Gasteiger partial charge in [-0.3, -0.25) is 0 Å². The molecule has 1 heterocycles. The Morgan fingerprint density at radius 1 is 1.58 bits per heavy atom. The molecular formula is C7H16ClN3O. The lowest BCUT2D eigenvalue weighted by atomic mass is 10.3. The Morgan fingerprint density at radius 3 is 2.50 bits per heavy atom. The van der Waals surface area contributed by atoms with Crippen molar-refractivity contribution in [2.75, 3.05) is 27.2 Å². The Labute approximate surface area is 79.1 Å². The third-order valence-corrected chi connectivity index (χ3v) is 1.88. The van der Waals surface area contributed by atoms with Crippen LogP contribution in [0, 0.1) is 0 Å². The second kappa shape index (κ2) is 4.52. The summed E-state index contributed by atoms with van der Waals surface area (Å²) in [5.74, 6) is 0. The first-order valence-electron chi connectivity index (χ1n) is 3.83.